The molecule has 0 aliphatic rings. The molecule has 4 heteroatoms. The monoisotopic (exact) mass is 224 g/mol. The summed E-state index contributed by atoms with van der Waals surface area (Å²) in [6.45, 7) is 6.03. The van der Waals surface area contributed by atoms with E-state index in [0.29, 0.717) is 13.2 Å². The molecule has 0 amide bonds. The molecule has 1 unspecified atom stereocenters. The summed E-state index contributed by atoms with van der Waals surface area (Å²) in [5, 5.41) is 3.17. The highest BCUT2D eigenvalue weighted by Crippen LogP contribution is 2.06. The highest BCUT2D eigenvalue weighted by atomic mass is 16.5. The van der Waals surface area contributed by atoms with Crippen molar-refractivity contribution in [1.29, 1.82) is 0 Å². The van der Waals surface area contributed by atoms with Crippen molar-refractivity contribution in [2.45, 2.75) is 26.6 Å². The van der Waals surface area contributed by atoms with Crippen molar-refractivity contribution in [2.24, 2.45) is 0 Å². The van der Waals surface area contributed by atoms with E-state index in [1.807, 2.05) is 32.0 Å². The van der Waals surface area contributed by atoms with Crippen molar-refractivity contribution in [3.63, 3.8) is 0 Å². The molecule has 0 spiro atoms. The Hall–Kier alpha value is -1.13. The van der Waals surface area contributed by atoms with Gasteiger partial charge in [0.15, 0.2) is 0 Å². The SMILES string of the molecule is CCNc1cccc(COC(C)COC)n1. The van der Waals surface area contributed by atoms with Gasteiger partial charge in [-0.05, 0) is 26.0 Å². The Kier molecular flexibility index (Phi) is 5.82. The third-order valence-electron chi connectivity index (χ3n) is 2.08. The topological polar surface area (TPSA) is 43.4 Å². The lowest BCUT2D eigenvalue weighted by Crippen LogP contribution is -2.15. The van der Waals surface area contributed by atoms with Gasteiger partial charge in [0.1, 0.15) is 5.82 Å². The highest BCUT2D eigenvalue weighted by molar-refractivity contribution is 5.34. The molecular formula is C12H20N2O2. The van der Waals surface area contributed by atoms with Crippen LogP contribution in [-0.2, 0) is 16.1 Å². The fourth-order valence-electron chi connectivity index (χ4n) is 1.35. The van der Waals surface area contributed by atoms with E-state index >= 15 is 0 Å². The summed E-state index contributed by atoms with van der Waals surface area (Å²) in [5.74, 6) is 0.892. The van der Waals surface area contributed by atoms with Crippen molar-refractivity contribution >= 4 is 5.82 Å². The minimum atomic E-state index is 0.0922. The van der Waals surface area contributed by atoms with Crippen LogP contribution in [0.15, 0.2) is 18.2 Å². The molecule has 1 N–H and O–H groups in total. The van der Waals surface area contributed by atoms with Gasteiger partial charge in [-0.2, -0.15) is 0 Å². The first-order valence-electron chi connectivity index (χ1n) is 5.56. The van der Waals surface area contributed by atoms with Gasteiger partial charge in [0.2, 0.25) is 0 Å². The molecule has 0 aromatic carbocycles. The number of nitrogens with one attached hydrogen (secondary N) is 1. The van der Waals surface area contributed by atoms with Crippen molar-refractivity contribution in [3.05, 3.63) is 23.9 Å². The van der Waals surface area contributed by atoms with Crippen molar-refractivity contribution in [2.75, 3.05) is 25.6 Å². The third kappa shape index (κ3) is 4.59. The van der Waals surface area contributed by atoms with Gasteiger partial charge in [-0.25, -0.2) is 4.98 Å². The minimum absolute atomic E-state index is 0.0922. The zero-order chi connectivity index (χ0) is 11.8. The van der Waals surface area contributed by atoms with E-state index in [4.69, 9.17) is 9.47 Å². The molecule has 1 aromatic rings. The summed E-state index contributed by atoms with van der Waals surface area (Å²) in [5.41, 5.74) is 0.932. The van der Waals surface area contributed by atoms with E-state index in [2.05, 4.69) is 10.3 Å². The number of hydrogen-bond acceptors (Lipinski definition) is 4. The summed E-state index contributed by atoms with van der Waals surface area (Å²) in [6, 6.07) is 5.89. The maximum Gasteiger partial charge on any atom is 0.126 e. The van der Waals surface area contributed by atoms with Gasteiger partial charge in [-0.15, -0.1) is 0 Å². The maximum atomic E-state index is 5.59. The largest absolute Gasteiger partial charge is 0.382 e. The fourth-order valence-corrected chi connectivity index (χ4v) is 1.35. The van der Waals surface area contributed by atoms with Gasteiger partial charge in [-0.3, -0.25) is 0 Å². The molecular weight excluding hydrogens is 204 g/mol. The van der Waals surface area contributed by atoms with Crippen LogP contribution >= 0.6 is 0 Å². The van der Waals surface area contributed by atoms with Crippen molar-refractivity contribution < 1.29 is 9.47 Å². The lowest BCUT2D eigenvalue weighted by molar-refractivity contribution is -0.00133. The molecule has 1 rings (SSSR count). The number of nitrogens with zero attached hydrogens (tertiary/aromatic N) is 1. The van der Waals surface area contributed by atoms with Crippen LogP contribution in [-0.4, -0.2) is 31.3 Å². The summed E-state index contributed by atoms with van der Waals surface area (Å²) < 4.78 is 10.6. The summed E-state index contributed by atoms with van der Waals surface area (Å²) in [6.07, 6.45) is 0.0922. The highest BCUT2D eigenvalue weighted by Gasteiger charge is 2.03. The summed E-state index contributed by atoms with van der Waals surface area (Å²) in [4.78, 5) is 4.42. The van der Waals surface area contributed by atoms with Crippen LogP contribution in [0.25, 0.3) is 0 Å². The normalized spacial score (nSPS) is 12.4. The van der Waals surface area contributed by atoms with Crippen LogP contribution in [0, 0.1) is 0 Å². The number of methoxy groups -OCH3 is 1. The molecule has 4 nitrogen and oxygen atoms in total. The predicted molar refractivity (Wildman–Crippen MR) is 64.5 cm³/mol. The van der Waals surface area contributed by atoms with Crippen molar-refractivity contribution in [3.8, 4) is 0 Å². The smallest absolute Gasteiger partial charge is 0.126 e. The molecule has 1 heterocycles. The quantitative estimate of drug-likeness (QED) is 0.770. The molecule has 0 bridgehead atoms. The third-order valence-corrected chi connectivity index (χ3v) is 2.08. The molecule has 1 aromatic heterocycles. The van der Waals surface area contributed by atoms with Gasteiger partial charge in [0, 0.05) is 13.7 Å². The Morgan fingerprint density at radius 3 is 2.94 bits per heavy atom. The van der Waals surface area contributed by atoms with Crippen LogP contribution < -0.4 is 5.32 Å². The number of hydrogen-bond donors (Lipinski definition) is 1. The molecule has 0 aliphatic heterocycles. The average Bonchev–Trinajstić information content (AvgIpc) is 2.28. The van der Waals surface area contributed by atoms with Crippen LogP contribution in [0.5, 0.6) is 0 Å². The molecule has 16 heavy (non-hydrogen) atoms. The van der Waals surface area contributed by atoms with E-state index in [-0.39, 0.29) is 6.10 Å². The van der Waals surface area contributed by atoms with E-state index < -0.39 is 0 Å². The van der Waals surface area contributed by atoms with Crippen LogP contribution in [0.2, 0.25) is 0 Å². The Balaban J connectivity index is 2.44. The number of aromatic nitrogens is 1. The Morgan fingerprint density at radius 1 is 1.44 bits per heavy atom. The Bertz CT molecular complexity index is 305. The Labute approximate surface area is 97.0 Å². The Morgan fingerprint density at radius 2 is 2.25 bits per heavy atom. The zero-order valence-electron chi connectivity index (χ0n) is 10.2. The number of ether oxygens (including phenoxy) is 2. The second kappa shape index (κ2) is 7.19. The summed E-state index contributed by atoms with van der Waals surface area (Å²) >= 11 is 0. The van der Waals surface area contributed by atoms with Crippen LogP contribution in [0.3, 0.4) is 0 Å². The van der Waals surface area contributed by atoms with E-state index in [1.54, 1.807) is 7.11 Å². The van der Waals surface area contributed by atoms with E-state index in [9.17, 15) is 0 Å². The molecule has 0 saturated heterocycles. The number of anilines is 1. The van der Waals surface area contributed by atoms with Gasteiger partial charge < -0.3 is 14.8 Å². The lowest BCUT2D eigenvalue weighted by atomic mass is 10.3. The average molecular weight is 224 g/mol. The zero-order valence-corrected chi connectivity index (χ0v) is 10.2. The van der Waals surface area contributed by atoms with Crippen molar-refractivity contribution in [1.82, 2.24) is 4.98 Å². The van der Waals surface area contributed by atoms with Crippen LogP contribution in [0.1, 0.15) is 19.5 Å². The second-order valence-corrected chi connectivity index (χ2v) is 3.62. The first-order chi connectivity index (χ1) is 7.76. The number of rotatable bonds is 7. The van der Waals surface area contributed by atoms with Gasteiger partial charge >= 0.3 is 0 Å². The first-order valence-corrected chi connectivity index (χ1v) is 5.56. The van der Waals surface area contributed by atoms with E-state index in [1.165, 1.54) is 0 Å². The molecule has 0 radical (unpaired) electrons. The van der Waals surface area contributed by atoms with Gasteiger partial charge in [0.05, 0.1) is 25.0 Å². The molecule has 0 aliphatic carbocycles. The van der Waals surface area contributed by atoms with Crippen LogP contribution in [0.4, 0.5) is 5.82 Å². The summed E-state index contributed by atoms with van der Waals surface area (Å²) in [7, 11) is 1.67. The lowest BCUT2D eigenvalue weighted by Gasteiger charge is -2.12. The molecule has 90 valence electrons. The standard InChI is InChI=1S/C12H20N2O2/c1-4-13-12-7-5-6-11(14-12)9-16-10(2)8-15-3/h5-7,10H,4,8-9H2,1-3H3,(H,13,14). The van der Waals surface area contributed by atoms with E-state index in [0.717, 1.165) is 18.1 Å². The molecule has 0 saturated carbocycles. The molecule has 0 fully saturated rings. The first kappa shape index (κ1) is 12.9. The minimum Gasteiger partial charge on any atom is -0.382 e. The number of pyridine rings is 1. The maximum absolute atomic E-state index is 5.59. The van der Waals surface area contributed by atoms with Gasteiger partial charge in [-0.1, -0.05) is 6.07 Å². The molecule has 1 atom stereocenters. The fraction of sp³-hybridized carbons (Fsp3) is 0.583. The second-order valence-electron chi connectivity index (χ2n) is 3.62. The predicted octanol–water partition coefficient (Wildman–Crippen LogP) is 2.06. The van der Waals surface area contributed by atoms with Gasteiger partial charge in [0.25, 0.3) is 0 Å².